The largest absolute Gasteiger partial charge is 0.355 e. The summed E-state index contributed by atoms with van der Waals surface area (Å²) in [6.07, 6.45) is -0.665. The molecular formula is C16H24N10O3S. The summed E-state index contributed by atoms with van der Waals surface area (Å²) in [5.74, 6) is 0.632. The average Bonchev–Trinajstić information content (AvgIpc) is 3.12. The summed E-state index contributed by atoms with van der Waals surface area (Å²) in [6.45, 7) is 5.16. The second kappa shape index (κ2) is 9.11. The molecule has 1 saturated heterocycles. The zero-order valence-corrected chi connectivity index (χ0v) is 18.0. The fourth-order valence-corrected chi connectivity index (χ4v) is 3.56. The van der Waals surface area contributed by atoms with Gasteiger partial charge in [0.15, 0.2) is 5.16 Å². The predicted octanol–water partition coefficient (Wildman–Crippen LogP) is -0.169. The van der Waals surface area contributed by atoms with Crippen LogP contribution in [0.1, 0.15) is 20.3 Å². The van der Waals surface area contributed by atoms with Crippen molar-refractivity contribution in [1.82, 2.24) is 39.7 Å². The van der Waals surface area contributed by atoms with Gasteiger partial charge in [0.1, 0.15) is 6.17 Å². The molecule has 162 valence electrons. The molecule has 1 fully saturated rings. The van der Waals surface area contributed by atoms with Crippen LogP contribution >= 0.6 is 11.8 Å². The Balaban J connectivity index is 1.70. The maximum atomic E-state index is 12.4. The van der Waals surface area contributed by atoms with Gasteiger partial charge in [-0.05, 0) is 13.8 Å². The van der Waals surface area contributed by atoms with Crippen LogP contribution in [0.2, 0.25) is 0 Å². The quantitative estimate of drug-likeness (QED) is 0.476. The van der Waals surface area contributed by atoms with Gasteiger partial charge in [-0.3, -0.25) is 14.5 Å². The number of carbonyl (C=O) groups is 3. The van der Waals surface area contributed by atoms with Crippen molar-refractivity contribution in [2.75, 3.05) is 43.6 Å². The summed E-state index contributed by atoms with van der Waals surface area (Å²) in [6, 6.07) is -0.462. The van der Waals surface area contributed by atoms with Gasteiger partial charge >= 0.3 is 6.03 Å². The smallest absolute Gasteiger partial charge is 0.327 e. The standard InChI is InChI=1S/C16H24N10O3S/c1-5-17-12-20-13(18-6-2)26-14(21-12)22-23-15(26)30-8-10(27)19-9-7-11(28)25(4)16(29)24(9)3/h9H,5-8H2,1-4H3,(H,19,27)(H2,17,18,20,21,22). The van der Waals surface area contributed by atoms with Crippen molar-refractivity contribution in [2.45, 2.75) is 31.6 Å². The Kier molecular flexibility index (Phi) is 6.54. The van der Waals surface area contributed by atoms with Crippen LogP contribution in [0.5, 0.6) is 0 Å². The van der Waals surface area contributed by atoms with Crippen LogP contribution in [0, 0.1) is 0 Å². The number of nitrogens with one attached hydrogen (secondary N) is 3. The summed E-state index contributed by atoms with van der Waals surface area (Å²) in [4.78, 5) is 47.4. The van der Waals surface area contributed by atoms with Gasteiger partial charge < -0.3 is 20.9 Å². The van der Waals surface area contributed by atoms with E-state index in [2.05, 4.69) is 36.1 Å². The molecule has 1 unspecified atom stereocenters. The normalized spacial score (nSPS) is 16.9. The average molecular weight is 437 g/mol. The fourth-order valence-electron chi connectivity index (χ4n) is 2.82. The molecule has 14 heteroatoms. The highest BCUT2D eigenvalue weighted by Crippen LogP contribution is 2.21. The van der Waals surface area contributed by atoms with E-state index in [4.69, 9.17) is 0 Å². The zero-order chi connectivity index (χ0) is 21.8. The molecule has 0 radical (unpaired) electrons. The highest BCUT2D eigenvalue weighted by atomic mass is 32.2. The van der Waals surface area contributed by atoms with Crippen molar-refractivity contribution in [3.8, 4) is 0 Å². The van der Waals surface area contributed by atoms with E-state index in [1.54, 1.807) is 4.40 Å². The summed E-state index contributed by atoms with van der Waals surface area (Å²) >= 11 is 1.15. The number of amides is 4. The van der Waals surface area contributed by atoms with E-state index in [1.807, 2.05) is 13.8 Å². The van der Waals surface area contributed by atoms with E-state index in [9.17, 15) is 14.4 Å². The molecule has 0 bridgehead atoms. The van der Waals surface area contributed by atoms with Gasteiger partial charge in [-0.2, -0.15) is 9.97 Å². The third-order valence-electron chi connectivity index (χ3n) is 4.37. The molecule has 0 spiro atoms. The third kappa shape index (κ3) is 4.37. The molecular weight excluding hydrogens is 412 g/mol. The number of imide groups is 1. The monoisotopic (exact) mass is 436 g/mol. The first kappa shape index (κ1) is 21.5. The van der Waals surface area contributed by atoms with Gasteiger partial charge in [-0.1, -0.05) is 11.8 Å². The molecule has 30 heavy (non-hydrogen) atoms. The van der Waals surface area contributed by atoms with E-state index in [0.717, 1.165) is 16.7 Å². The Hall–Kier alpha value is -3.16. The van der Waals surface area contributed by atoms with Gasteiger partial charge in [-0.15, -0.1) is 10.2 Å². The molecule has 4 amide bonds. The minimum absolute atomic E-state index is 0.0177. The lowest BCUT2D eigenvalue weighted by Gasteiger charge is -2.36. The van der Waals surface area contributed by atoms with Crippen LogP contribution in [-0.2, 0) is 9.59 Å². The van der Waals surface area contributed by atoms with Crippen molar-refractivity contribution in [2.24, 2.45) is 0 Å². The summed E-state index contributed by atoms with van der Waals surface area (Å²) in [5, 5.41) is 17.5. The molecule has 3 N–H and O–H groups in total. The van der Waals surface area contributed by atoms with E-state index in [1.165, 1.54) is 19.0 Å². The van der Waals surface area contributed by atoms with Crippen molar-refractivity contribution in [3.05, 3.63) is 0 Å². The summed E-state index contributed by atoms with van der Waals surface area (Å²) in [5.41, 5.74) is 0. The number of rotatable bonds is 8. The molecule has 0 saturated carbocycles. The SMILES string of the molecule is CCNc1nc(NCC)n2c(SCC(=O)NC3CC(=O)N(C)C(=O)N3C)nnc2n1. The minimum atomic E-state index is -0.687. The molecule has 1 aliphatic heterocycles. The second-order valence-electron chi connectivity index (χ2n) is 6.47. The van der Waals surface area contributed by atoms with Crippen LogP contribution in [0.3, 0.4) is 0 Å². The van der Waals surface area contributed by atoms with E-state index in [0.29, 0.717) is 35.9 Å². The molecule has 2 aromatic rings. The van der Waals surface area contributed by atoms with Gasteiger partial charge in [0.2, 0.25) is 23.7 Å². The third-order valence-corrected chi connectivity index (χ3v) is 5.30. The molecule has 13 nitrogen and oxygen atoms in total. The maximum Gasteiger partial charge on any atom is 0.327 e. The number of aromatic nitrogens is 5. The van der Waals surface area contributed by atoms with Crippen molar-refractivity contribution >= 4 is 47.3 Å². The number of anilines is 2. The first-order chi connectivity index (χ1) is 14.3. The van der Waals surface area contributed by atoms with Crippen molar-refractivity contribution in [1.29, 1.82) is 0 Å². The van der Waals surface area contributed by atoms with Gasteiger partial charge in [0, 0.05) is 27.2 Å². The molecule has 3 heterocycles. The lowest BCUT2D eigenvalue weighted by molar-refractivity contribution is -0.132. The molecule has 1 aliphatic rings. The lowest BCUT2D eigenvalue weighted by Crippen LogP contribution is -2.59. The molecule has 3 rings (SSSR count). The number of fused-ring (bicyclic) bond motifs is 1. The second-order valence-corrected chi connectivity index (χ2v) is 7.41. The predicted molar refractivity (Wildman–Crippen MR) is 110 cm³/mol. The first-order valence-electron chi connectivity index (χ1n) is 9.42. The fraction of sp³-hybridized carbons (Fsp3) is 0.562. The Labute approximate surface area is 177 Å². The number of urea groups is 1. The topological polar surface area (TPSA) is 150 Å². The van der Waals surface area contributed by atoms with Crippen LogP contribution in [0.15, 0.2) is 5.16 Å². The molecule has 1 atom stereocenters. The number of thioether (sulfide) groups is 1. The molecule has 0 aromatic carbocycles. The van der Waals surface area contributed by atoms with Gasteiger partial charge in [0.25, 0.3) is 5.78 Å². The van der Waals surface area contributed by atoms with E-state index < -0.39 is 12.2 Å². The van der Waals surface area contributed by atoms with Crippen molar-refractivity contribution in [3.63, 3.8) is 0 Å². The maximum absolute atomic E-state index is 12.4. The Morgan fingerprint density at radius 1 is 1.13 bits per heavy atom. The molecule has 0 aliphatic carbocycles. The number of nitrogens with zero attached hydrogens (tertiary/aromatic N) is 7. The minimum Gasteiger partial charge on any atom is -0.355 e. The van der Waals surface area contributed by atoms with Crippen LogP contribution in [-0.4, -0.2) is 91.3 Å². The summed E-state index contributed by atoms with van der Waals surface area (Å²) < 4.78 is 1.64. The summed E-state index contributed by atoms with van der Waals surface area (Å²) in [7, 11) is 2.95. The van der Waals surface area contributed by atoms with E-state index in [-0.39, 0.29) is 24.0 Å². The highest BCUT2D eigenvalue weighted by molar-refractivity contribution is 7.99. The highest BCUT2D eigenvalue weighted by Gasteiger charge is 2.35. The number of hydrogen-bond acceptors (Lipinski definition) is 10. The lowest BCUT2D eigenvalue weighted by atomic mass is 10.2. The van der Waals surface area contributed by atoms with Crippen LogP contribution in [0.4, 0.5) is 16.7 Å². The number of carbonyl (C=O) groups excluding carboxylic acids is 3. The van der Waals surface area contributed by atoms with Gasteiger partial charge in [-0.25, -0.2) is 9.20 Å². The van der Waals surface area contributed by atoms with Crippen LogP contribution < -0.4 is 16.0 Å². The number of hydrogen-bond donors (Lipinski definition) is 3. The van der Waals surface area contributed by atoms with Crippen molar-refractivity contribution < 1.29 is 14.4 Å². The van der Waals surface area contributed by atoms with E-state index >= 15 is 0 Å². The Morgan fingerprint density at radius 2 is 1.87 bits per heavy atom. The zero-order valence-electron chi connectivity index (χ0n) is 17.2. The Bertz CT molecular complexity index is 964. The first-order valence-corrected chi connectivity index (χ1v) is 10.4. The Morgan fingerprint density at radius 3 is 2.57 bits per heavy atom. The molecule has 2 aromatic heterocycles. The van der Waals surface area contributed by atoms with Gasteiger partial charge in [0.05, 0.1) is 12.2 Å². The van der Waals surface area contributed by atoms with Crippen LogP contribution in [0.25, 0.3) is 5.78 Å².